The van der Waals surface area contributed by atoms with Gasteiger partial charge >= 0.3 is 0 Å². The Morgan fingerprint density at radius 1 is 1.31 bits per heavy atom. The van der Waals surface area contributed by atoms with Crippen molar-refractivity contribution in [1.29, 1.82) is 0 Å². The van der Waals surface area contributed by atoms with Gasteiger partial charge in [-0.1, -0.05) is 18.9 Å². The summed E-state index contributed by atoms with van der Waals surface area (Å²) in [7, 11) is 1.70. The van der Waals surface area contributed by atoms with E-state index < -0.39 is 0 Å². The average molecular weight is 357 g/mol. The van der Waals surface area contributed by atoms with Gasteiger partial charge in [-0.2, -0.15) is 0 Å². The van der Waals surface area contributed by atoms with E-state index >= 15 is 0 Å². The molecule has 2 aliphatic heterocycles. The molecule has 0 spiro atoms. The maximum atomic E-state index is 13.2. The Morgan fingerprint density at radius 2 is 2.23 bits per heavy atom. The minimum Gasteiger partial charge on any atom is -0.497 e. The van der Waals surface area contributed by atoms with E-state index in [0.29, 0.717) is 11.8 Å². The van der Waals surface area contributed by atoms with E-state index in [2.05, 4.69) is 27.7 Å². The minimum atomic E-state index is -0.156. The number of hydrogen-bond donors (Lipinski definition) is 2. The van der Waals surface area contributed by atoms with E-state index in [-0.39, 0.29) is 11.5 Å². The van der Waals surface area contributed by atoms with Crippen molar-refractivity contribution in [2.45, 2.75) is 44.6 Å². The zero-order chi connectivity index (χ0) is 18.0. The molecule has 5 nitrogen and oxygen atoms in total. The molecule has 3 atom stereocenters. The van der Waals surface area contributed by atoms with E-state index in [9.17, 15) is 4.79 Å². The molecule has 1 amide bonds. The van der Waals surface area contributed by atoms with E-state index in [1.807, 2.05) is 12.1 Å². The first-order valence-corrected chi connectivity index (χ1v) is 10.1. The molecule has 4 rings (SSSR count). The van der Waals surface area contributed by atoms with Gasteiger partial charge in [-0.25, -0.2) is 0 Å². The van der Waals surface area contributed by atoms with E-state index in [0.717, 1.165) is 51.2 Å². The van der Waals surface area contributed by atoms with Crippen molar-refractivity contribution in [1.82, 2.24) is 10.6 Å². The Bertz CT molecular complexity index is 650. The van der Waals surface area contributed by atoms with Crippen molar-refractivity contribution >= 4 is 11.6 Å². The Labute approximate surface area is 156 Å². The number of carbonyl (C=O) groups excluding carboxylic acids is 1. The maximum Gasteiger partial charge on any atom is 0.228 e. The number of amides is 1. The SMILES string of the molecule is COc1cccc(N2CCCC(NC(=O)[C@@]34CCCC[C@H]3CNC4)C2)c1. The molecule has 3 aliphatic rings. The van der Waals surface area contributed by atoms with Crippen LogP contribution in [0.2, 0.25) is 0 Å². The second-order valence-corrected chi connectivity index (χ2v) is 8.19. The van der Waals surface area contributed by atoms with Crippen LogP contribution in [0, 0.1) is 11.3 Å². The maximum absolute atomic E-state index is 13.2. The standard InChI is InChI=1S/C21H31N3O2/c1-26-19-9-4-8-18(12-19)24-11-5-7-17(14-24)23-20(25)21-10-3-2-6-16(21)13-22-15-21/h4,8-9,12,16-17,22H,2-3,5-7,10-11,13-15H2,1H3,(H,23,25)/t16-,17?,21+/m0/s1. The summed E-state index contributed by atoms with van der Waals surface area (Å²) in [5, 5.41) is 6.91. The third-order valence-corrected chi connectivity index (χ3v) is 6.67. The highest BCUT2D eigenvalue weighted by Gasteiger charge is 2.50. The van der Waals surface area contributed by atoms with Crippen molar-refractivity contribution in [3.63, 3.8) is 0 Å². The van der Waals surface area contributed by atoms with Crippen LogP contribution in [0.4, 0.5) is 5.69 Å². The number of nitrogens with one attached hydrogen (secondary N) is 2. The minimum absolute atomic E-state index is 0.156. The zero-order valence-corrected chi connectivity index (χ0v) is 15.8. The van der Waals surface area contributed by atoms with Gasteiger partial charge in [0.15, 0.2) is 0 Å². The normalized spacial score (nSPS) is 31.3. The molecule has 0 aromatic heterocycles. The van der Waals surface area contributed by atoms with Crippen LogP contribution in [0.3, 0.4) is 0 Å². The molecule has 5 heteroatoms. The van der Waals surface area contributed by atoms with E-state index in [1.54, 1.807) is 7.11 Å². The third-order valence-electron chi connectivity index (χ3n) is 6.67. The molecule has 2 saturated heterocycles. The number of ether oxygens (including phenoxy) is 1. The lowest BCUT2D eigenvalue weighted by molar-refractivity contribution is -0.134. The van der Waals surface area contributed by atoms with Crippen LogP contribution in [0.1, 0.15) is 38.5 Å². The molecule has 142 valence electrons. The molecule has 2 heterocycles. The van der Waals surface area contributed by atoms with Crippen molar-refractivity contribution in [3.05, 3.63) is 24.3 Å². The van der Waals surface area contributed by atoms with Crippen LogP contribution in [-0.4, -0.2) is 45.2 Å². The molecular weight excluding hydrogens is 326 g/mol. The molecule has 1 saturated carbocycles. The first-order chi connectivity index (χ1) is 12.7. The molecule has 1 aromatic rings. The Morgan fingerprint density at radius 3 is 3.12 bits per heavy atom. The number of fused-ring (bicyclic) bond motifs is 1. The number of nitrogens with zero attached hydrogens (tertiary/aromatic N) is 1. The monoisotopic (exact) mass is 357 g/mol. The topological polar surface area (TPSA) is 53.6 Å². The summed E-state index contributed by atoms with van der Waals surface area (Å²) in [6.07, 6.45) is 6.88. The fraction of sp³-hybridized carbons (Fsp3) is 0.667. The number of hydrogen-bond acceptors (Lipinski definition) is 4. The highest BCUT2D eigenvalue weighted by molar-refractivity contribution is 5.84. The highest BCUT2D eigenvalue weighted by Crippen LogP contribution is 2.44. The van der Waals surface area contributed by atoms with Gasteiger partial charge in [0, 0.05) is 37.4 Å². The second kappa shape index (κ2) is 7.47. The summed E-state index contributed by atoms with van der Waals surface area (Å²) < 4.78 is 5.36. The first-order valence-electron chi connectivity index (χ1n) is 10.1. The van der Waals surface area contributed by atoms with Crippen molar-refractivity contribution in [3.8, 4) is 5.75 Å². The number of rotatable bonds is 4. The number of carbonyl (C=O) groups is 1. The first kappa shape index (κ1) is 17.7. The van der Waals surface area contributed by atoms with Gasteiger partial charge in [-0.15, -0.1) is 0 Å². The predicted octanol–water partition coefficient (Wildman–Crippen LogP) is 2.56. The van der Waals surface area contributed by atoms with Gasteiger partial charge in [0.2, 0.25) is 5.91 Å². The van der Waals surface area contributed by atoms with E-state index in [4.69, 9.17) is 4.74 Å². The second-order valence-electron chi connectivity index (χ2n) is 8.19. The van der Waals surface area contributed by atoms with Gasteiger partial charge in [0.05, 0.1) is 12.5 Å². The van der Waals surface area contributed by atoms with Crippen LogP contribution in [0.15, 0.2) is 24.3 Å². The summed E-state index contributed by atoms with van der Waals surface area (Å²) in [5.41, 5.74) is 1.02. The summed E-state index contributed by atoms with van der Waals surface area (Å²) >= 11 is 0. The molecule has 0 bridgehead atoms. The number of benzene rings is 1. The lowest BCUT2D eigenvalue weighted by Crippen LogP contribution is -2.54. The number of anilines is 1. The van der Waals surface area contributed by atoms with Crippen molar-refractivity contribution in [2.24, 2.45) is 11.3 Å². The van der Waals surface area contributed by atoms with Gasteiger partial charge in [-0.05, 0) is 50.3 Å². The fourth-order valence-corrected chi connectivity index (χ4v) is 5.16. The number of methoxy groups -OCH3 is 1. The van der Waals surface area contributed by atoms with Crippen LogP contribution >= 0.6 is 0 Å². The van der Waals surface area contributed by atoms with Crippen LogP contribution in [0.25, 0.3) is 0 Å². The molecule has 2 N–H and O–H groups in total. The lowest BCUT2D eigenvalue weighted by Gasteiger charge is -2.40. The van der Waals surface area contributed by atoms with Crippen LogP contribution in [0.5, 0.6) is 5.75 Å². The third kappa shape index (κ3) is 3.29. The Hall–Kier alpha value is -1.75. The molecule has 1 aromatic carbocycles. The Kier molecular flexibility index (Phi) is 5.07. The van der Waals surface area contributed by atoms with Gasteiger partial charge < -0.3 is 20.3 Å². The molecule has 1 unspecified atom stereocenters. The van der Waals surface area contributed by atoms with Crippen molar-refractivity contribution < 1.29 is 9.53 Å². The van der Waals surface area contributed by atoms with Gasteiger partial charge in [0.1, 0.15) is 5.75 Å². The lowest BCUT2D eigenvalue weighted by atomic mass is 9.67. The van der Waals surface area contributed by atoms with Crippen LogP contribution < -0.4 is 20.3 Å². The molecule has 0 radical (unpaired) electrons. The fourth-order valence-electron chi connectivity index (χ4n) is 5.16. The Balaban J connectivity index is 1.42. The summed E-state index contributed by atoms with van der Waals surface area (Å²) in [4.78, 5) is 15.6. The largest absolute Gasteiger partial charge is 0.497 e. The van der Waals surface area contributed by atoms with Gasteiger partial charge in [-0.3, -0.25) is 4.79 Å². The molecular formula is C21H31N3O2. The molecule has 26 heavy (non-hydrogen) atoms. The van der Waals surface area contributed by atoms with Crippen molar-refractivity contribution in [2.75, 3.05) is 38.2 Å². The smallest absolute Gasteiger partial charge is 0.228 e. The summed E-state index contributed by atoms with van der Waals surface area (Å²) in [5.74, 6) is 1.70. The summed E-state index contributed by atoms with van der Waals surface area (Å²) in [6, 6.07) is 8.46. The molecule has 3 fully saturated rings. The summed E-state index contributed by atoms with van der Waals surface area (Å²) in [6.45, 7) is 3.78. The van der Waals surface area contributed by atoms with E-state index in [1.165, 1.54) is 24.9 Å². The predicted molar refractivity (Wildman–Crippen MR) is 104 cm³/mol. The average Bonchev–Trinajstić information content (AvgIpc) is 3.14. The van der Waals surface area contributed by atoms with Crippen LogP contribution in [-0.2, 0) is 4.79 Å². The quantitative estimate of drug-likeness (QED) is 0.870. The molecule has 1 aliphatic carbocycles. The zero-order valence-electron chi connectivity index (χ0n) is 15.8. The highest BCUT2D eigenvalue weighted by atomic mass is 16.5. The van der Waals surface area contributed by atoms with Gasteiger partial charge in [0.25, 0.3) is 0 Å². The number of piperidine rings is 1.